The SMILES string of the molecule is CC1(CNC(=O)c2ccccc2NN)CCCCC1. The number of hydrazine groups is 1. The molecule has 0 radical (unpaired) electrons. The fourth-order valence-electron chi connectivity index (χ4n) is 2.78. The first-order chi connectivity index (χ1) is 9.14. The van der Waals surface area contributed by atoms with Gasteiger partial charge in [-0.2, -0.15) is 0 Å². The fourth-order valence-corrected chi connectivity index (χ4v) is 2.78. The van der Waals surface area contributed by atoms with Gasteiger partial charge in [0.25, 0.3) is 5.91 Å². The van der Waals surface area contributed by atoms with Crippen LogP contribution in [0.3, 0.4) is 0 Å². The first kappa shape index (κ1) is 13.9. The summed E-state index contributed by atoms with van der Waals surface area (Å²) in [6, 6.07) is 7.29. The minimum atomic E-state index is -0.0552. The van der Waals surface area contributed by atoms with Crippen molar-refractivity contribution in [2.24, 2.45) is 11.3 Å². The van der Waals surface area contributed by atoms with E-state index in [9.17, 15) is 4.79 Å². The largest absolute Gasteiger partial charge is 0.351 e. The minimum absolute atomic E-state index is 0.0552. The van der Waals surface area contributed by atoms with Crippen LogP contribution in [0, 0.1) is 5.41 Å². The zero-order valence-electron chi connectivity index (χ0n) is 11.5. The topological polar surface area (TPSA) is 67.2 Å². The lowest BCUT2D eigenvalue weighted by Gasteiger charge is -2.33. The number of amides is 1. The molecule has 4 nitrogen and oxygen atoms in total. The van der Waals surface area contributed by atoms with E-state index in [2.05, 4.69) is 17.7 Å². The van der Waals surface area contributed by atoms with Crippen molar-refractivity contribution >= 4 is 11.6 Å². The third-order valence-corrected chi connectivity index (χ3v) is 4.06. The van der Waals surface area contributed by atoms with E-state index < -0.39 is 0 Å². The van der Waals surface area contributed by atoms with Gasteiger partial charge in [0.05, 0.1) is 11.3 Å². The normalized spacial score (nSPS) is 17.8. The summed E-state index contributed by atoms with van der Waals surface area (Å²) in [5, 5.41) is 3.05. The maximum atomic E-state index is 12.2. The van der Waals surface area contributed by atoms with Gasteiger partial charge in [0.15, 0.2) is 0 Å². The Morgan fingerprint density at radius 3 is 2.63 bits per heavy atom. The third-order valence-electron chi connectivity index (χ3n) is 4.06. The summed E-state index contributed by atoms with van der Waals surface area (Å²) in [7, 11) is 0. The second-order valence-electron chi connectivity index (χ2n) is 5.74. The van der Waals surface area contributed by atoms with E-state index in [0.29, 0.717) is 11.3 Å². The highest BCUT2D eigenvalue weighted by atomic mass is 16.1. The summed E-state index contributed by atoms with van der Waals surface area (Å²) in [5.74, 6) is 5.37. The molecule has 2 rings (SSSR count). The van der Waals surface area contributed by atoms with Gasteiger partial charge in [-0.05, 0) is 30.4 Å². The first-order valence-corrected chi connectivity index (χ1v) is 6.98. The summed E-state index contributed by atoms with van der Waals surface area (Å²) in [4.78, 5) is 12.2. The number of hydrogen-bond donors (Lipinski definition) is 3. The van der Waals surface area contributed by atoms with Crippen molar-refractivity contribution in [2.45, 2.75) is 39.0 Å². The van der Waals surface area contributed by atoms with Gasteiger partial charge in [-0.1, -0.05) is 38.3 Å². The van der Waals surface area contributed by atoms with Crippen LogP contribution in [-0.2, 0) is 0 Å². The summed E-state index contributed by atoms with van der Waals surface area (Å²) < 4.78 is 0. The van der Waals surface area contributed by atoms with Crippen LogP contribution in [0.2, 0.25) is 0 Å². The number of nitrogens with one attached hydrogen (secondary N) is 2. The third kappa shape index (κ3) is 3.47. The second-order valence-corrected chi connectivity index (χ2v) is 5.74. The Bertz CT molecular complexity index is 439. The summed E-state index contributed by atoms with van der Waals surface area (Å²) in [6.07, 6.45) is 6.26. The maximum Gasteiger partial charge on any atom is 0.253 e. The number of carbonyl (C=O) groups excluding carboxylic acids is 1. The van der Waals surface area contributed by atoms with E-state index in [0.717, 1.165) is 6.54 Å². The van der Waals surface area contributed by atoms with Crippen molar-refractivity contribution in [1.29, 1.82) is 0 Å². The number of nitrogen functional groups attached to an aromatic ring is 1. The molecule has 1 aromatic rings. The Morgan fingerprint density at radius 1 is 1.26 bits per heavy atom. The average molecular weight is 261 g/mol. The van der Waals surface area contributed by atoms with Crippen molar-refractivity contribution < 1.29 is 4.79 Å². The van der Waals surface area contributed by atoms with Crippen molar-refractivity contribution in [3.63, 3.8) is 0 Å². The quantitative estimate of drug-likeness (QED) is 0.576. The van der Waals surface area contributed by atoms with E-state index in [-0.39, 0.29) is 11.3 Å². The van der Waals surface area contributed by atoms with Gasteiger partial charge in [-0.15, -0.1) is 0 Å². The lowest BCUT2D eigenvalue weighted by molar-refractivity contribution is 0.0920. The number of benzene rings is 1. The molecule has 0 aromatic heterocycles. The predicted octanol–water partition coefficient (Wildman–Crippen LogP) is 2.67. The van der Waals surface area contributed by atoms with Gasteiger partial charge < -0.3 is 10.7 Å². The number of carbonyl (C=O) groups is 1. The van der Waals surface area contributed by atoms with Gasteiger partial charge in [0.1, 0.15) is 0 Å². The molecule has 0 heterocycles. The molecule has 0 spiro atoms. The molecule has 0 unspecified atom stereocenters. The molecule has 1 fully saturated rings. The summed E-state index contributed by atoms with van der Waals surface area (Å²) in [5.41, 5.74) is 4.07. The van der Waals surface area contributed by atoms with Gasteiger partial charge in [-0.25, -0.2) is 0 Å². The number of para-hydroxylation sites is 1. The lowest BCUT2D eigenvalue weighted by atomic mass is 9.76. The van der Waals surface area contributed by atoms with Crippen LogP contribution in [0.15, 0.2) is 24.3 Å². The zero-order chi connectivity index (χ0) is 13.7. The average Bonchev–Trinajstić information content (AvgIpc) is 2.45. The van der Waals surface area contributed by atoms with Crippen LogP contribution < -0.4 is 16.6 Å². The molecule has 104 valence electrons. The molecule has 0 saturated heterocycles. The molecule has 1 aromatic carbocycles. The molecule has 0 aliphatic heterocycles. The molecule has 1 aliphatic carbocycles. The van der Waals surface area contributed by atoms with E-state index >= 15 is 0 Å². The van der Waals surface area contributed by atoms with Crippen molar-refractivity contribution in [1.82, 2.24) is 5.32 Å². The van der Waals surface area contributed by atoms with Crippen molar-refractivity contribution in [3.8, 4) is 0 Å². The van der Waals surface area contributed by atoms with Gasteiger partial charge in [-0.3, -0.25) is 10.6 Å². The van der Waals surface area contributed by atoms with Gasteiger partial charge in [0, 0.05) is 6.54 Å². The van der Waals surface area contributed by atoms with E-state index in [4.69, 9.17) is 5.84 Å². The van der Waals surface area contributed by atoms with Gasteiger partial charge >= 0.3 is 0 Å². The number of anilines is 1. The molecule has 0 atom stereocenters. The van der Waals surface area contributed by atoms with Gasteiger partial charge in [0.2, 0.25) is 0 Å². The Hall–Kier alpha value is -1.55. The lowest BCUT2D eigenvalue weighted by Crippen LogP contribution is -2.37. The Morgan fingerprint density at radius 2 is 1.95 bits per heavy atom. The van der Waals surface area contributed by atoms with Crippen molar-refractivity contribution in [2.75, 3.05) is 12.0 Å². The van der Waals surface area contributed by atoms with Crippen LogP contribution in [0.5, 0.6) is 0 Å². The van der Waals surface area contributed by atoms with Crippen LogP contribution in [0.4, 0.5) is 5.69 Å². The smallest absolute Gasteiger partial charge is 0.253 e. The molecule has 19 heavy (non-hydrogen) atoms. The minimum Gasteiger partial charge on any atom is -0.351 e. The fraction of sp³-hybridized carbons (Fsp3) is 0.533. The van der Waals surface area contributed by atoms with E-state index in [1.165, 1.54) is 32.1 Å². The first-order valence-electron chi connectivity index (χ1n) is 6.98. The van der Waals surface area contributed by atoms with Crippen LogP contribution in [-0.4, -0.2) is 12.5 Å². The Balaban J connectivity index is 1.97. The number of nitrogens with two attached hydrogens (primary N) is 1. The summed E-state index contributed by atoms with van der Waals surface area (Å²) >= 11 is 0. The molecular weight excluding hydrogens is 238 g/mol. The molecular formula is C15H23N3O. The Kier molecular flexibility index (Phi) is 4.43. The standard InChI is InChI=1S/C15H23N3O/c1-15(9-5-2-6-10-15)11-17-14(19)12-7-3-4-8-13(12)18-16/h3-4,7-8,18H,2,5-6,9-11,16H2,1H3,(H,17,19). The summed E-state index contributed by atoms with van der Waals surface area (Å²) in [6.45, 7) is 3.00. The van der Waals surface area contributed by atoms with E-state index in [1.54, 1.807) is 12.1 Å². The predicted molar refractivity (Wildman–Crippen MR) is 77.8 cm³/mol. The molecule has 0 bridgehead atoms. The number of hydrogen-bond acceptors (Lipinski definition) is 3. The highest BCUT2D eigenvalue weighted by molar-refractivity contribution is 5.99. The Labute approximate surface area is 114 Å². The maximum absolute atomic E-state index is 12.2. The van der Waals surface area contributed by atoms with Crippen LogP contribution >= 0.6 is 0 Å². The van der Waals surface area contributed by atoms with E-state index in [1.807, 2.05) is 12.1 Å². The highest BCUT2D eigenvalue weighted by Crippen LogP contribution is 2.35. The molecule has 4 heteroatoms. The second kappa shape index (κ2) is 6.06. The monoisotopic (exact) mass is 261 g/mol. The molecule has 1 amide bonds. The zero-order valence-corrected chi connectivity index (χ0v) is 11.5. The van der Waals surface area contributed by atoms with Crippen LogP contribution in [0.25, 0.3) is 0 Å². The molecule has 1 saturated carbocycles. The highest BCUT2D eigenvalue weighted by Gasteiger charge is 2.27. The van der Waals surface area contributed by atoms with Crippen LogP contribution in [0.1, 0.15) is 49.4 Å². The molecule has 4 N–H and O–H groups in total. The molecule has 1 aliphatic rings. The van der Waals surface area contributed by atoms with Crippen molar-refractivity contribution in [3.05, 3.63) is 29.8 Å². The number of rotatable bonds is 4.